The fraction of sp³-hybridized carbons (Fsp3) is 0.481. The second-order valence-corrected chi connectivity index (χ2v) is 10.4. The summed E-state index contributed by atoms with van der Waals surface area (Å²) in [5.74, 6) is -0.192. The van der Waals surface area contributed by atoms with Gasteiger partial charge in [0.05, 0.1) is 18.9 Å². The molecule has 3 N–H and O–H groups in total. The Hall–Kier alpha value is -2.85. The molecule has 2 saturated heterocycles. The fourth-order valence-electron chi connectivity index (χ4n) is 4.97. The number of anilines is 1. The molecule has 6 unspecified atom stereocenters. The van der Waals surface area contributed by atoms with Gasteiger partial charge in [-0.2, -0.15) is 0 Å². The number of aliphatic hydroxyl groups is 1. The maximum Gasteiger partial charge on any atom is 0.409 e. The van der Waals surface area contributed by atoms with E-state index in [1.165, 1.54) is 20.3 Å². The van der Waals surface area contributed by atoms with E-state index in [0.717, 1.165) is 11.1 Å². The van der Waals surface area contributed by atoms with Crippen molar-refractivity contribution in [3.05, 3.63) is 58.7 Å². The highest BCUT2D eigenvalue weighted by Crippen LogP contribution is 2.45. The summed E-state index contributed by atoms with van der Waals surface area (Å²) in [6, 6.07) is 3.63. The van der Waals surface area contributed by atoms with Gasteiger partial charge in [-0.25, -0.2) is 4.79 Å². The Kier molecular flexibility index (Phi) is 7.71. The minimum atomic E-state index is -1.68. The summed E-state index contributed by atoms with van der Waals surface area (Å²) in [5.41, 5.74) is -0.102. The molecular weight excluding hydrogens is 500 g/mol. The van der Waals surface area contributed by atoms with Crippen LogP contribution in [0.3, 0.4) is 0 Å². The van der Waals surface area contributed by atoms with Gasteiger partial charge < -0.3 is 29.4 Å². The van der Waals surface area contributed by atoms with Crippen molar-refractivity contribution in [2.24, 2.45) is 5.92 Å². The zero-order valence-corrected chi connectivity index (χ0v) is 22.3. The molecule has 0 radical (unpaired) electrons. The van der Waals surface area contributed by atoms with E-state index in [9.17, 15) is 14.7 Å². The van der Waals surface area contributed by atoms with E-state index in [1.54, 1.807) is 18.2 Å². The molecule has 1 aromatic rings. The second kappa shape index (κ2) is 10.5. The topological polar surface area (TPSA) is 119 Å². The zero-order chi connectivity index (χ0) is 27.0. The molecule has 0 saturated carbocycles. The molecule has 3 aliphatic rings. The molecule has 3 heterocycles. The maximum atomic E-state index is 12.8. The molecule has 0 aromatic heterocycles. The first-order valence-electron chi connectivity index (χ1n) is 12.1. The predicted molar refractivity (Wildman–Crippen MR) is 139 cm³/mol. The second-order valence-electron chi connectivity index (χ2n) is 9.99. The van der Waals surface area contributed by atoms with Crippen molar-refractivity contribution in [1.29, 1.82) is 0 Å². The van der Waals surface area contributed by atoms with Crippen LogP contribution >= 0.6 is 11.6 Å². The van der Waals surface area contributed by atoms with Crippen LogP contribution in [0.15, 0.2) is 48.1 Å². The largest absolute Gasteiger partial charge is 0.495 e. The molecule has 9 nitrogen and oxygen atoms in total. The molecule has 10 heteroatoms. The lowest BCUT2D eigenvalue weighted by Gasteiger charge is -2.42. The van der Waals surface area contributed by atoms with Crippen LogP contribution in [0.25, 0.3) is 0 Å². The maximum absolute atomic E-state index is 12.8. The number of carbonyl (C=O) groups excluding carboxylic acids is 2. The first kappa shape index (κ1) is 27.2. The molecule has 0 aliphatic carbocycles. The van der Waals surface area contributed by atoms with E-state index < -0.39 is 29.6 Å². The van der Waals surface area contributed by atoms with Crippen LogP contribution in [0.1, 0.15) is 32.8 Å². The Bertz CT molecular complexity index is 1170. The summed E-state index contributed by atoms with van der Waals surface area (Å²) in [4.78, 5) is 25.2. The van der Waals surface area contributed by atoms with Crippen molar-refractivity contribution in [2.45, 2.75) is 63.3 Å². The van der Waals surface area contributed by atoms with Gasteiger partial charge in [0, 0.05) is 25.5 Å². The molecule has 4 bridgehead atoms. The Balaban J connectivity index is 1.72. The average molecular weight is 533 g/mol. The van der Waals surface area contributed by atoms with Gasteiger partial charge >= 0.3 is 6.09 Å². The van der Waals surface area contributed by atoms with Crippen LogP contribution in [-0.2, 0) is 25.4 Å². The number of alkyl carbamates (subject to hydrolysis) is 1. The normalized spacial score (nSPS) is 37.1. The summed E-state index contributed by atoms with van der Waals surface area (Å²) in [5, 5.41) is 17.0. The molecule has 4 rings (SSSR count). The number of halogens is 1. The van der Waals surface area contributed by atoms with Crippen molar-refractivity contribution in [3.63, 3.8) is 0 Å². The van der Waals surface area contributed by atoms with Gasteiger partial charge in [-0.15, -0.1) is 0 Å². The Morgan fingerprint density at radius 3 is 2.70 bits per heavy atom. The number of hydrogen-bond acceptors (Lipinski definition) is 7. The van der Waals surface area contributed by atoms with Crippen LogP contribution in [0.2, 0.25) is 5.02 Å². The van der Waals surface area contributed by atoms with Crippen molar-refractivity contribution < 1.29 is 33.6 Å². The monoisotopic (exact) mass is 532 g/mol. The molecule has 37 heavy (non-hydrogen) atoms. The third kappa shape index (κ3) is 5.85. The van der Waals surface area contributed by atoms with Crippen LogP contribution in [0, 0.1) is 5.92 Å². The minimum absolute atomic E-state index is 0.0930. The van der Waals surface area contributed by atoms with Gasteiger partial charge in [-0.05, 0) is 44.0 Å². The van der Waals surface area contributed by atoms with Crippen molar-refractivity contribution in [2.75, 3.05) is 19.5 Å². The lowest BCUT2D eigenvalue weighted by Crippen LogP contribution is -2.63. The summed E-state index contributed by atoms with van der Waals surface area (Å²) in [6.07, 6.45) is 6.56. The minimum Gasteiger partial charge on any atom is -0.495 e. The standard InChI is InChI=1S/C27H33ClN2O7/c1-15-7-6-8-21(35-5)27(33)14-20(36-25(32)30-27)16(2)24-26(3,37-24)10-9-22(31)29-18-12-17(11-15)13-19(34-4)23(18)28/h6-10,12-13,16,20-21,24,33H,11,14H2,1-5H3,(H,29,31)(H,30,32)/b8-6-,10-9-,15-7-. The first-order valence-corrected chi connectivity index (χ1v) is 12.5. The average Bonchev–Trinajstić information content (AvgIpc) is 3.52. The van der Waals surface area contributed by atoms with E-state index in [4.69, 9.17) is 30.5 Å². The van der Waals surface area contributed by atoms with Crippen LogP contribution in [0.5, 0.6) is 5.75 Å². The number of amides is 2. The molecule has 2 amide bonds. The van der Waals surface area contributed by atoms with Crippen LogP contribution in [-0.4, -0.2) is 61.0 Å². The number of rotatable bonds is 2. The number of epoxide rings is 1. The Labute approximate surface area is 221 Å². The van der Waals surface area contributed by atoms with Crippen molar-refractivity contribution in [3.8, 4) is 5.75 Å². The van der Waals surface area contributed by atoms with E-state index in [-0.39, 0.29) is 24.3 Å². The lowest BCUT2D eigenvalue weighted by atomic mass is 9.85. The Morgan fingerprint density at radius 2 is 2.00 bits per heavy atom. The summed E-state index contributed by atoms with van der Waals surface area (Å²) in [6.45, 7) is 5.69. The predicted octanol–water partition coefficient (Wildman–Crippen LogP) is 3.90. The number of ether oxygens (including phenoxy) is 4. The molecule has 3 aliphatic heterocycles. The summed E-state index contributed by atoms with van der Waals surface area (Å²) >= 11 is 6.47. The van der Waals surface area contributed by atoms with Crippen LogP contribution in [0.4, 0.5) is 10.5 Å². The van der Waals surface area contributed by atoms with Gasteiger partial charge in [0.2, 0.25) is 5.91 Å². The molecule has 6 atom stereocenters. The number of methoxy groups -OCH3 is 2. The molecular formula is C27H33ClN2O7. The molecule has 200 valence electrons. The van der Waals surface area contributed by atoms with Gasteiger partial charge in [0.1, 0.15) is 28.6 Å². The number of benzene rings is 1. The first-order chi connectivity index (χ1) is 17.5. The SMILES string of the molecule is COc1cc2cc(c1Cl)NC(=O)/C=C\C1(C)OC1C(C)C1CC(O)(NC(=O)O1)C(OC)/C=C\C=C(\C)C2. The third-order valence-corrected chi connectivity index (χ3v) is 7.45. The van der Waals surface area contributed by atoms with Crippen molar-refractivity contribution in [1.82, 2.24) is 5.32 Å². The quantitative estimate of drug-likeness (QED) is 0.494. The smallest absolute Gasteiger partial charge is 0.409 e. The van der Waals surface area contributed by atoms with Crippen molar-refractivity contribution >= 4 is 29.3 Å². The van der Waals surface area contributed by atoms with Gasteiger partial charge in [0.15, 0.2) is 5.72 Å². The molecule has 0 spiro atoms. The van der Waals surface area contributed by atoms with E-state index in [2.05, 4.69) is 10.6 Å². The fourth-order valence-corrected chi connectivity index (χ4v) is 5.20. The Morgan fingerprint density at radius 1 is 1.24 bits per heavy atom. The van der Waals surface area contributed by atoms with Crippen LogP contribution < -0.4 is 15.4 Å². The highest BCUT2D eigenvalue weighted by atomic mass is 35.5. The molecule has 1 aromatic carbocycles. The summed E-state index contributed by atoms with van der Waals surface area (Å²) < 4.78 is 22.4. The van der Waals surface area contributed by atoms with Gasteiger partial charge in [-0.1, -0.05) is 42.3 Å². The molecule has 2 fully saturated rings. The number of fused-ring (bicyclic) bond motifs is 5. The van der Waals surface area contributed by atoms with E-state index in [0.29, 0.717) is 22.9 Å². The third-order valence-electron chi connectivity index (χ3n) is 7.06. The van der Waals surface area contributed by atoms with Gasteiger partial charge in [-0.3, -0.25) is 10.1 Å². The van der Waals surface area contributed by atoms with E-state index in [1.807, 2.05) is 39.0 Å². The van der Waals surface area contributed by atoms with Gasteiger partial charge in [0.25, 0.3) is 0 Å². The summed E-state index contributed by atoms with van der Waals surface area (Å²) in [7, 11) is 2.99. The number of hydrogen-bond donors (Lipinski definition) is 3. The highest BCUT2D eigenvalue weighted by molar-refractivity contribution is 6.35. The zero-order valence-electron chi connectivity index (χ0n) is 21.5. The highest BCUT2D eigenvalue weighted by Gasteiger charge is 2.57. The lowest BCUT2D eigenvalue weighted by molar-refractivity contribution is -0.142. The number of carbonyl (C=O) groups is 2. The number of allylic oxidation sites excluding steroid dienone is 3. The van der Waals surface area contributed by atoms with E-state index >= 15 is 0 Å². The number of nitrogens with one attached hydrogen (secondary N) is 2.